The van der Waals surface area contributed by atoms with Crippen LogP contribution in [0.5, 0.6) is 0 Å². The Hall–Kier alpha value is -10.3. The molecule has 13 rings (SSSR count). The van der Waals surface area contributed by atoms with Crippen LogP contribution in [0.1, 0.15) is 298 Å². The molecule has 12 aromatic rings. The molecule has 12 aromatic carbocycles. The Bertz CT molecular complexity index is 5400. The number of benzene rings is 12. The van der Waals surface area contributed by atoms with E-state index in [2.05, 4.69) is 446 Å². The summed E-state index contributed by atoms with van der Waals surface area (Å²) in [4.78, 5) is 32.7. The largest absolute Gasteiger partial charge is 0.416 e. The molecule has 150 heavy (non-hydrogen) atoms. The van der Waals surface area contributed by atoms with Crippen LogP contribution in [0.4, 0.5) is 34.1 Å². The minimum atomic E-state index is -4.07. The third kappa shape index (κ3) is 40.0. The molecule has 0 radical (unpaired) electrons. The smallest absolute Gasteiger partial charge is 0.320 e. The maximum Gasteiger partial charge on any atom is 0.320 e. The summed E-state index contributed by atoms with van der Waals surface area (Å²) in [6.45, 7) is 27.3. The minimum absolute atomic E-state index is 0.0457. The molecule has 792 valence electrons. The third-order valence-corrected chi connectivity index (χ3v) is 56.8. The predicted molar refractivity (Wildman–Crippen MR) is 655 cm³/mol. The average Bonchev–Trinajstić information content (AvgIpc) is 0.756. The van der Waals surface area contributed by atoms with E-state index in [4.69, 9.17) is 46.4 Å². The van der Waals surface area contributed by atoms with Gasteiger partial charge in [0, 0.05) is 72.8 Å². The number of aryl methyl sites for hydroxylation is 6. The Morgan fingerprint density at radius 3 is 0.480 bits per heavy atom. The van der Waals surface area contributed by atoms with Gasteiger partial charge in [-0.3, -0.25) is 30.0 Å². The van der Waals surface area contributed by atoms with Crippen LogP contribution in [0.25, 0.3) is 0 Å². The lowest BCUT2D eigenvalue weighted by Crippen LogP contribution is -2.67. The summed E-state index contributed by atoms with van der Waals surface area (Å²) in [7, 11) is -22.0. The molecule has 6 unspecified atom stereocenters. The summed E-state index contributed by atoms with van der Waals surface area (Å²) in [5, 5.41) is 0. The molecule has 18 heteroatoms. The summed E-state index contributed by atoms with van der Waals surface area (Å²) in [6, 6.07) is 124. The lowest BCUT2D eigenvalue weighted by molar-refractivity contribution is 0.219. The summed E-state index contributed by atoms with van der Waals surface area (Å²) < 4.78 is 53.1. The maximum atomic E-state index is 9.63. The molecule has 12 nitrogen and oxygen atoms in total. The van der Waals surface area contributed by atoms with Crippen LogP contribution in [0.15, 0.2) is 358 Å². The van der Waals surface area contributed by atoms with E-state index in [1.54, 1.807) is 0 Å². The Kier molecular flexibility index (Phi) is 48.4. The lowest BCUT2D eigenvalue weighted by Gasteiger charge is -2.51. The van der Waals surface area contributed by atoms with Gasteiger partial charge < -0.3 is 24.7 Å². The summed E-state index contributed by atoms with van der Waals surface area (Å²) in [5.74, 6) is -0.316. The van der Waals surface area contributed by atoms with Gasteiger partial charge in [-0.25, -0.2) is 0 Å². The average molecular weight is 2110 g/mol. The zero-order valence-electron chi connectivity index (χ0n) is 92.7. The van der Waals surface area contributed by atoms with Crippen LogP contribution in [0.2, 0.25) is 75.5 Å². The van der Waals surface area contributed by atoms with Crippen molar-refractivity contribution in [3.63, 3.8) is 0 Å². The van der Waals surface area contributed by atoms with Gasteiger partial charge in [0.2, 0.25) is 0 Å². The molecule has 1 heterocycles. The normalized spacial score (nSPS) is 18.3. The van der Waals surface area contributed by atoms with E-state index in [1.165, 1.54) is 66.8 Å². The Balaban J connectivity index is 1.05. The quantitative estimate of drug-likeness (QED) is 0.0276. The molecular formula is C132H174N6O6Si6. The molecule has 0 bridgehead atoms. The maximum absolute atomic E-state index is 9.63. The van der Waals surface area contributed by atoms with E-state index in [9.17, 15) is 8.23 Å². The first-order valence-corrected chi connectivity index (χ1v) is 72.5. The van der Waals surface area contributed by atoms with Crippen molar-refractivity contribution in [1.29, 1.82) is 0 Å². The van der Waals surface area contributed by atoms with Crippen molar-refractivity contribution in [3.8, 4) is 0 Å². The van der Waals surface area contributed by atoms with Gasteiger partial charge in [0.15, 0.2) is 0 Å². The first-order chi connectivity index (χ1) is 73.1. The molecule has 0 spiro atoms. The van der Waals surface area contributed by atoms with Crippen molar-refractivity contribution in [2.75, 3.05) is 0 Å². The number of hydrogen-bond donors (Lipinski definition) is 0. The molecule has 0 aliphatic carbocycles. The van der Waals surface area contributed by atoms with Gasteiger partial charge >= 0.3 is 51.4 Å². The molecular weight excluding hydrogens is 1930 g/mol. The molecule has 1 fully saturated rings. The van der Waals surface area contributed by atoms with Crippen LogP contribution in [-0.4, -0.2) is 88.7 Å². The highest BCUT2D eigenvalue weighted by Gasteiger charge is 2.59. The van der Waals surface area contributed by atoms with Crippen molar-refractivity contribution in [2.45, 2.75) is 345 Å². The Labute approximate surface area is 910 Å². The second-order valence-corrected chi connectivity index (χ2v) is 65.1. The minimum Gasteiger partial charge on any atom is -0.416 e. The van der Waals surface area contributed by atoms with Gasteiger partial charge in [0.1, 0.15) is 0 Å². The van der Waals surface area contributed by atoms with Crippen molar-refractivity contribution < 1.29 is 24.7 Å². The Morgan fingerprint density at radius 1 is 0.180 bits per heavy atom. The van der Waals surface area contributed by atoms with Crippen LogP contribution in [0.3, 0.4) is 0 Å². The van der Waals surface area contributed by atoms with E-state index in [-0.39, 0.29) is 35.5 Å². The fourth-order valence-electron chi connectivity index (χ4n) is 21.4. The van der Waals surface area contributed by atoms with Gasteiger partial charge in [-0.15, -0.1) is 0 Å². The molecule has 1 saturated heterocycles. The number of aliphatic imine (C=N–C) groups is 6. The van der Waals surface area contributed by atoms with Crippen molar-refractivity contribution in [1.82, 2.24) is 0 Å². The zero-order valence-corrected chi connectivity index (χ0v) is 98.7. The monoisotopic (exact) mass is 2110 g/mol. The first kappa shape index (κ1) is 117. The van der Waals surface area contributed by atoms with Crippen LogP contribution >= 0.6 is 0 Å². The molecule has 0 saturated carbocycles. The number of nitrogens with zero attached hydrogens (tertiary/aromatic N) is 6. The highest BCUT2D eigenvalue weighted by atomic mass is 28.5. The van der Waals surface area contributed by atoms with Gasteiger partial charge in [0.05, 0.1) is 34.1 Å². The van der Waals surface area contributed by atoms with Crippen LogP contribution in [-0.2, 0) is 63.2 Å². The first-order valence-electron chi connectivity index (χ1n) is 57.4. The van der Waals surface area contributed by atoms with Crippen LogP contribution in [0, 0.1) is 0 Å². The molecule has 0 N–H and O–H groups in total. The topological polar surface area (TPSA) is 130 Å². The fraction of sp³-hybridized carbons (Fsp3) is 0.409. The van der Waals surface area contributed by atoms with Crippen molar-refractivity contribution in [3.05, 3.63) is 394 Å². The SMILES string of the molecule is CCCCc1ccc(N=CC(CCC[Si]2(CCCC(C=Nc3ccc(CCCC)cc3)c3ccccc3)O[Si](C)(C)O[Si](C)(C)O[Si](C)(C)O[Si](CCCC(C=Nc3ccc(CCCC)cc3)c3ccccc3)(CCCC(C=Nc3ccc(CCCC)cc3)c3ccccc3)O[Si](CCCC(C=Nc3ccc(CCCC)cc3)c3ccccc3)(CCCC(C=Nc3ccc(CCCC)cc3)c3ccccc3)O2)c2ccccc2)cc1. The second kappa shape index (κ2) is 62.2. The van der Waals surface area contributed by atoms with Crippen molar-refractivity contribution >= 4 is 123 Å². The van der Waals surface area contributed by atoms with Crippen LogP contribution < -0.4 is 0 Å². The fourth-order valence-corrected chi connectivity index (χ4v) is 56.8. The van der Waals surface area contributed by atoms with E-state index in [0.29, 0.717) is 36.3 Å². The predicted octanol–water partition coefficient (Wildman–Crippen LogP) is 38.4. The molecule has 1 aliphatic rings. The van der Waals surface area contributed by atoms with E-state index in [0.717, 1.165) is 227 Å². The third-order valence-electron chi connectivity index (χ3n) is 29.3. The van der Waals surface area contributed by atoms with E-state index < -0.39 is 51.4 Å². The Morgan fingerprint density at radius 2 is 0.327 bits per heavy atom. The summed E-state index contributed by atoms with van der Waals surface area (Å²) >= 11 is 0. The second-order valence-electron chi connectivity index (χ2n) is 43.3. The standard InChI is InChI=1S/C132H174N6O6Si6/c1-13-19-49-109-73-85-127(86-74-109)133-103-121(115-55-31-25-32-56-115)67-43-97-148(98-44-68-122(116-57-33-26-34-58-116)104-134-128-87-75-110(76-88-128)50-20-14-2)141-146(9,10)139-145(7,8)140-147(11,12)142-149(99-45-69-123(117-59-35-27-36-60-117)105-135-129-89-77-111(78-90-129)51-21-15-3,100-46-70-124(118-61-37-28-38-62-118)106-136-130-91-79-112(80-92-130)52-22-16-4)144-150(143-148,101-47-71-125(119-63-39-29-40-64-119)107-137-131-93-81-113(82-94-131)53-23-17-5)102-48-72-126(120-65-41-30-42-66-120)108-138-132-95-83-114(84-96-132)54-24-18-6/h25-42,55-66,73-96,103-108,121-126H,13-24,43-54,67-72,97-102H2,1-12H3. The highest BCUT2D eigenvalue weighted by molar-refractivity contribution is 6.94. The number of unbranched alkanes of at least 4 members (excludes halogenated alkanes) is 6. The highest BCUT2D eigenvalue weighted by Crippen LogP contribution is 2.47. The van der Waals surface area contributed by atoms with Gasteiger partial charge in [0.25, 0.3) is 0 Å². The van der Waals surface area contributed by atoms with Crippen molar-refractivity contribution in [2.24, 2.45) is 30.0 Å². The molecule has 6 atom stereocenters. The van der Waals surface area contributed by atoms with E-state index >= 15 is 0 Å². The molecule has 0 amide bonds. The van der Waals surface area contributed by atoms with Gasteiger partial charge in [-0.1, -0.05) is 373 Å². The lowest BCUT2D eigenvalue weighted by atomic mass is 9.95. The summed E-state index contributed by atoms with van der Waals surface area (Å²) in [6.07, 6.45) is 42.8. The number of hydrogen-bond acceptors (Lipinski definition) is 12. The van der Waals surface area contributed by atoms with Gasteiger partial charge in [-0.2, -0.15) is 0 Å². The molecule has 1 aliphatic heterocycles. The van der Waals surface area contributed by atoms with Gasteiger partial charge in [-0.05, 0) is 331 Å². The number of rotatable bonds is 60. The summed E-state index contributed by atoms with van der Waals surface area (Å²) in [5.41, 5.74) is 21.1. The van der Waals surface area contributed by atoms with E-state index in [1.807, 2.05) is 0 Å². The zero-order chi connectivity index (χ0) is 105. The molecule has 0 aromatic heterocycles.